The van der Waals surface area contributed by atoms with Gasteiger partial charge in [-0.2, -0.15) is 0 Å². The van der Waals surface area contributed by atoms with Gasteiger partial charge < -0.3 is 20.5 Å². The van der Waals surface area contributed by atoms with Crippen LogP contribution in [0.4, 0.5) is 0 Å². The lowest BCUT2D eigenvalue weighted by atomic mass is 10.0. The summed E-state index contributed by atoms with van der Waals surface area (Å²) in [6.07, 6.45) is 2.00. The molecule has 5 nitrogen and oxygen atoms in total. The van der Waals surface area contributed by atoms with Crippen molar-refractivity contribution in [2.75, 3.05) is 20.3 Å². The van der Waals surface area contributed by atoms with Gasteiger partial charge in [0.15, 0.2) is 11.5 Å². The van der Waals surface area contributed by atoms with Gasteiger partial charge >= 0.3 is 0 Å². The molecule has 0 heterocycles. The fourth-order valence-corrected chi connectivity index (χ4v) is 2.76. The van der Waals surface area contributed by atoms with E-state index in [1.807, 2.05) is 55.5 Å². The molecule has 0 aromatic heterocycles. The van der Waals surface area contributed by atoms with Crippen molar-refractivity contribution in [1.82, 2.24) is 5.32 Å². The van der Waals surface area contributed by atoms with Crippen LogP contribution in [-0.4, -0.2) is 26.2 Å². The molecule has 0 aliphatic heterocycles. The molecule has 1 unspecified atom stereocenters. The third kappa shape index (κ3) is 6.08. The number of hydrogen-bond donors (Lipinski definition) is 2. The van der Waals surface area contributed by atoms with Crippen LogP contribution in [0.2, 0.25) is 0 Å². The lowest BCUT2D eigenvalue weighted by Crippen LogP contribution is -2.28. The number of amides is 1. The van der Waals surface area contributed by atoms with E-state index in [0.29, 0.717) is 19.6 Å². The molecule has 0 spiro atoms. The number of methoxy groups -OCH3 is 1. The molecular weight excluding hydrogens is 328 g/mol. The summed E-state index contributed by atoms with van der Waals surface area (Å²) < 4.78 is 10.9. The van der Waals surface area contributed by atoms with Crippen molar-refractivity contribution in [3.8, 4) is 11.5 Å². The lowest BCUT2D eigenvalue weighted by Gasteiger charge is -2.13. The summed E-state index contributed by atoms with van der Waals surface area (Å²) in [5.74, 6) is 1.47. The number of rotatable bonds is 10. The lowest BCUT2D eigenvalue weighted by molar-refractivity contribution is -0.121. The zero-order valence-corrected chi connectivity index (χ0v) is 15.5. The van der Waals surface area contributed by atoms with Gasteiger partial charge in [-0.15, -0.1) is 0 Å². The number of hydrogen-bond acceptors (Lipinski definition) is 4. The van der Waals surface area contributed by atoms with Crippen LogP contribution in [0.15, 0.2) is 48.5 Å². The second-order valence-electron chi connectivity index (χ2n) is 6.09. The SMILES string of the molecule is CCOc1cc(CCCNC(=O)CC(N)c2ccccc2)ccc1OC. The molecule has 0 saturated carbocycles. The standard InChI is InChI=1S/C21H28N2O3/c1-3-26-20-14-16(11-12-19(20)25-2)8-7-13-23-21(24)15-18(22)17-9-5-4-6-10-17/h4-6,9-12,14,18H,3,7-8,13,15,22H2,1-2H3,(H,23,24). The summed E-state index contributed by atoms with van der Waals surface area (Å²) in [5, 5.41) is 2.94. The molecule has 2 rings (SSSR count). The molecule has 1 amide bonds. The molecular formula is C21H28N2O3. The fourth-order valence-electron chi connectivity index (χ4n) is 2.76. The van der Waals surface area contributed by atoms with Crippen molar-refractivity contribution < 1.29 is 14.3 Å². The average molecular weight is 356 g/mol. The molecule has 0 aliphatic rings. The van der Waals surface area contributed by atoms with Gasteiger partial charge in [0.25, 0.3) is 0 Å². The van der Waals surface area contributed by atoms with Crippen LogP contribution < -0.4 is 20.5 Å². The molecule has 3 N–H and O–H groups in total. The summed E-state index contributed by atoms with van der Waals surface area (Å²) in [5.41, 5.74) is 8.21. The number of carbonyl (C=O) groups is 1. The fraction of sp³-hybridized carbons (Fsp3) is 0.381. The van der Waals surface area contributed by atoms with Gasteiger partial charge in [0.05, 0.1) is 13.7 Å². The maximum absolute atomic E-state index is 12.0. The Bertz CT molecular complexity index is 689. The minimum absolute atomic E-state index is 0.0221. The predicted octanol–water partition coefficient (Wildman–Crippen LogP) is 3.23. The largest absolute Gasteiger partial charge is 0.493 e. The third-order valence-corrected chi connectivity index (χ3v) is 4.13. The van der Waals surface area contributed by atoms with Gasteiger partial charge in [-0.1, -0.05) is 36.4 Å². The van der Waals surface area contributed by atoms with Gasteiger partial charge in [-0.3, -0.25) is 4.79 Å². The zero-order valence-electron chi connectivity index (χ0n) is 15.5. The highest BCUT2D eigenvalue weighted by Crippen LogP contribution is 2.28. The van der Waals surface area contributed by atoms with E-state index in [4.69, 9.17) is 15.2 Å². The number of benzene rings is 2. The summed E-state index contributed by atoms with van der Waals surface area (Å²) in [6.45, 7) is 3.16. The molecule has 0 radical (unpaired) electrons. The van der Waals surface area contributed by atoms with Crippen molar-refractivity contribution in [3.63, 3.8) is 0 Å². The molecule has 1 atom stereocenters. The molecule has 2 aromatic carbocycles. The Morgan fingerprint density at radius 1 is 1.15 bits per heavy atom. The molecule has 0 fully saturated rings. The first kappa shape index (κ1) is 19.8. The van der Waals surface area contributed by atoms with Gasteiger partial charge in [0, 0.05) is 19.0 Å². The Morgan fingerprint density at radius 3 is 2.62 bits per heavy atom. The summed E-state index contributed by atoms with van der Waals surface area (Å²) in [6, 6.07) is 15.3. The van der Waals surface area contributed by atoms with E-state index in [2.05, 4.69) is 5.32 Å². The van der Waals surface area contributed by atoms with Gasteiger partial charge in [0.1, 0.15) is 0 Å². The van der Waals surface area contributed by atoms with Crippen LogP contribution in [0.5, 0.6) is 11.5 Å². The van der Waals surface area contributed by atoms with Crippen molar-refractivity contribution in [1.29, 1.82) is 0 Å². The molecule has 0 bridgehead atoms. The van der Waals surface area contributed by atoms with Crippen LogP contribution in [-0.2, 0) is 11.2 Å². The van der Waals surface area contributed by atoms with Gasteiger partial charge in [0.2, 0.25) is 5.91 Å². The highest BCUT2D eigenvalue weighted by atomic mass is 16.5. The zero-order chi connectivity index (χ0) is 18.8. The number of aryl methyl sites for hydroxylation is 1. The van der Waals surface area contributed by atoms with Crippen molar-refractivity contribution >= 4 is 5.91 Å². The summed E-state index contributed by atoms with van der Waals surface area (Å²) >= 11 is 0. The Labute approximate surface area is 155 Å². The van der Waals surface area contributed by atoms with Gasteiger partial charge in [-0.25, -0.2) is 0 Å². The summed E-state index contributed by atoms with van der Waals surface area (Å²) in [7, 11) is 1.63. The van der Waals surface area contributed by atoms with E-state index in [1.54, 1.807) is 7.11 Å². The number of ether oxygens (including phenoxy) is 2. The second-order valence-corrected chi connectivity index (χ2v) is 6.09. The van der Waals surface area contributed by atoms with Crippen LogP contribution in [0.25, 0.3) is 0 Å². The highest BCUT2D eigenvalue weighted by Gasteiger charge is 2.11. The van der Waals surface area contributed by atoms with E-state index < -0.39 is 0 Å². The first-order valence-electron chi connectivity index (χ1n) is 9.01. The monoisotopic (exact) mass is 356 g/mol. The molecule has 26 heavy (non-hydrogen) atoms. The molecule has 5 heteroatoms. The van der Waals surface area contributed by atoms with Crippen LogP contribution >= 0.6 is 0 Å². The Kier molecular flexibility index (Phi) is 7.96. The number of nitrogens with two attached hydrogens (primary N) is 1. The van der Waals surface area contributed by atoms with Crippen molar-refractivity contribution in [2.24, 2.45) is 5.73 Å². The van der Waals surface area contributed by atoms with Crippen LogP contribution in [0, 0.1) is 0 Å². The minimum Gasteiger partial charge on any atom is -0.493 e. The topological polar surface area (TPSA) is 73.6 Å². The highest BCUT2D eigenvalue weighted by molar-refractivity contribution is 5.76. The van der Waals surface area contributed by atoms with E-state index in [0.717, 1.165) is 35.5 Å². The first-order chi connectivity index (χ1) is 12.6. The second kappa shape index (κ2) is 10.5. The summed E-state index contributed by atoms with van der Waals surface area (Å²) in [4.78, 5) is 12.0. The van der Waals surface area contributed by atoms with E-state index >= 15 is 0 Å². The first-order valence-corrected chi connectivity index (χ1v) is 9.01. The van der Waals surface area contributed by atoms with E-state index in [9.17, 15) is 4.79 Å². The average Bonchev–Trinajstić information content (AvgIpc) is 2.66. The maximum Gasteiger partial charge on any atom is 0.221 e. The van der Waals surface area contributed by atoms with Gasteiger partial charge in [-0.05, 0) is 43.0 Å². The Hall–Kier alpha value is -2.53. The minimum atomic E-state index is -0.272. The predicted molar refractivity (Wildman–Crippen MR) is 103 cm³/mol. The number of nitrogens with one attached hydrogen (secondary N) is 1. The van der Waals surface area contributed by atoms with Crippen LogP contribution in [0.1, 0.15) is 36.9 Å². The maximum atomic E-state index is 12.0. The molecule has 140 valence electrons. The van der Waals surface area contributed by atoms with Crippen molar-refractivity contribution in [2.45, 2.75) is 32.2 Å². The molecule has 0 aliphatic carbocycles. The third-order valence-electron chi connectivity index (χ3n) is 4.13. The normalized spacial score (nSPS) is 11.7. The van der Waals surface area contributed by atoms with E-state index in [1.165, 1.54) is 0 Å². The Balaban J connectivity index is 1.74. The van der Waals surface area contributed by atoms with E-state index in [-0.39, 0.29) is 11.9 Å². The van der Waals surface area contributed by atoms with Crippen LogP contribution in [0.3, 0.4) is 0 Å². The molecule has 0 saturated heterocycles. The Morgan fingerprint density at radius 2 is 1.92 bits per heavy atom. The van der Waals surface area contributed by atoms with Crippen molar-refractivity contribution in [3.05, 3.63) is 59.7 Å². The quantitative estimate of drug-likeness (QED) is 0.641. The molecule has 2 aromatic rings. The smallest absolute Gasteiger partial charge is 0.221 e. The number of carbonyl (C=O) groups excluding carboxylic acids is 1.